The second-order valence-corrected chi connectivity index (χ2v) is 6.26. The van der Waals surface area contributed by atoms with Crippen LogP contribution in [0.25, 0.3) is 0 Å². The van der Waals surface area contributed by atoms with E-state index in [4.69, 9.17) is 10.7 Å². The summed E-state index contributed by atoms with van der Waals surface area (Å²) in [6, 6.07) is 0. The van der Waals surface area contributed by atoms with Crippen LogP contribution >= 0.6 is 11.8 Å². The van der Waals surface area contributed by atoms with E-state index >= 15 is 0 Å². The van der Waals surface area contributed by atoms with Gasteiger partial charge < -0.3 is 10.3 Å². The first-order valence-electron chi connectivity index (χ1n) is 6.58. The largest absolute Gasteiger partial charge is 0.384 e. The zero-order chi connectivity index (χ0) is 12.4. The summed E-state index contributed by atoms with van der Waals surface area (Å²) < 4.78 is 2.23. The lowest BCUT2D eigenvalue weighted by atomic mass is 10.1. The number of nitrogens with zero attached hydrogens (tertiary/aromatic N) is 2. The number of rotatable bonds is 4. The van der Waals surface area contributed by atoms with Crippen molar-refractivity contribution in [2.75, 3.05) is 17.2 Å². The van der Waals surface area contributed by atoms with E-state index in [1.165, 1.54) is 17.9 Å². The van der Waals surface area contributed by atoms with Crippen molar-refractivity contribution in [3.63, 3.8) is 0 Å². The molecule has 96 valence electrons. The molecule has 17 heavy (non-hydrogen) atoms. The molecule has 2 N–H and O–H groups in total. The van der Waals surface area contributed by atoms with Gasteiger partial charge in [0, 0.05) is 24.1 Å². The molecule has 1 unspecified atom stereocenters. The molecule has 4 heteroatoms. The molecular formula is C13H23N3S. The highest BCUT2D eigenvalue weighted by molar-refractivity contribution is 7.99. The van der Waals surface area contributed by atoms with Crippen molar-refractivity contribution in [1.29, 1.82) is 0 Å². The van der Waals surface area contributed by atoms with Gasteiger partial charge in [-0.2, -0.15) is 11.8 Å². The van der Waals surface area contributed by atoms with Gasteiger partial charge in [0.15, 0.2) is 0 Å². The van der Waals surface area contributed by atoms with Crippen molar-refractivity contribution in [3.05, 3.63) is 11.5 Å². The van der Waals surface area contributed by atoms with Gasteiger partial charge in [-0.3, -0.25) is 0 Å². The van der Waals surface area contributed by atoms with Gasteiger partial charge in [-0.15, -0.1) is 0 Å². The molecule has 1 aliphatic rings. The van der Waals surface area contributed by atoms with Crippen LogP contribution in [0.15, 0.2) is 0 Å². The molecule has 1 atom stereocenters. The fraction of sp³-hybridized carbons (Fsp3) is 0.769. The van der Waals surface area contributed by atoms with Crippen LogP contribution in [0.2, 0.25) is 0 Å². The summed E-state index contributed by atoms with van der Waals surface area (Å²) in [6.45, 7) is 7.57. The normalized spacial score (nSPS) is 20.4. The first kappa shape index (κ1) is 12.8. The lowest BCUT2D eigenvalue weighted by molar-refractivity contribution is 0.616. The Morgan fingerprint density at radius 3 is 2.82 bits per heavy atom. The van der Waals surface area contributed by atoms with Crippen LogP contribution in [0, 0.1) is 0 Å². The number of hydrogen-bond donors (Lipinski definition) is 1. The topological polar surface area (TPSA) is 43.8 Å². The molecule has 3 nitrogen and oxygen atoms in total. The van der Waals surface area contributed by atoms with Crippen LogP contribution in [0.3, 0.4) is 0 Å². The van der Waals surface area contributed by atoms with Gasteiger partial charge in [-0.1, -0.05) is 20.8 Å². The van der Waals surface area contributed by atoms with E-state index in [1.807, 2.05) is 11.8 Å². The molecule has 0 amide bonds. The van der Waals surface area contributed by atoms with E-state index in [2.05, 4.69) is 25.3 Å². The number of nitrogens with two attached hydrogens (primary N) is 1. The molecule has 1 fully saturated rings. The van der Waals surface area contributed by atoms with E-state index in [-0.39, 0.29) is 0 Å². The lowest BCUT2D eigenvalue weighted by Crippen LogP contribution is -2.08. The minimum atomic E-state index is 0.451. The van der Waals surface area contributed by atoms with Crippen molar-refractivity contribution >= 4 is 17.6 Å². The third kappa shape index (κ3) is 2.46. The Kier molecular flexibility index (Phi) is 4.02. The van der Waals surface area contributed by atoms with Crippen LogP contribution < -0.4 is 5.73 Å². The summed E-state index contributed by atoms with van der Waals surface area (Å²) in [4.78, 5) is 4.83. The predicted octanol–water partition coefficient (Wildman–Crippen LogP) is 3.22. The Balaban J connectivity index is 2.36. The summed E-state index contributed by atoms with van der Waals surface area (Å²) in [5.41, 5.74) is 7.46. The molecule has 1 aliphatic heterocycles. The summed E-state index contributed by atoms with van der Waals surface area (Å²) >= 11 is 2.02. The van der Waals surface area contributed by atoms with Crippen molar-refractivity contribution in [2.24, 2.45) is 0 Å². The molecule has 1 aromatic rings. The summed E-state index contributed by atoms with van der Waals surface area (Å²) in [7, 11) is 0. The van der Waals surface area contributed by atoms with E-state index in [1.54, 1.807) is 0 Å². The molecule has 0 saturated carbocycles. The minimum absolute atomic E-state index is 0.451. The van der Waals surface area contributed by atoms with Crippen molar-refractivity contribution in [3.8, 4) is 0 Å². The first-order chi connectivity index (χ1) is 8.15. The highest BCUT2D eigenvalue weighted by Crippen LogP contribution is 2.36. The van der Waals surface area contributed by atoms with Gasteiger partial charge in [0.2, 0.25) is 0 Å². The number of anilines is 1. The maximum atomic E-state index is 6.30. The SMILES string of the molecule is CCCn1c(C(C)C)nc(C2CCSC2)c1N. The lowest BCUT2D eigenvalue weighted by Gasteiger charge is -2.10. The molecule has 1 aromatic heterocycles. The summed E-state index contributed by atoms with van der Waals surface area (Å²) in [6.07, 6.45) is 2.34. The Morgan fingerprint density at radius 2 is 2.29 bits per heavy atom. The standard InChI is InChI=1S/C13H23N3S/c1-4-6-16-12(14)11(10-5-7-17-8-10)15-13(16)9(2)3/h9-10H,4-8,14H2,1-3H3. The van der Waals surface area contributed by atoms with Crippen LogP contribution in [0.5, 0.6) is 0 Å². The molecule has 0 radical (unpaired) electrons. The average molecular weight is 253 g/mol. The molecular weight excluding hydrogens is 230 g/mol. The molecule has 0 bridgehead atoms. The van der Waals surface area contributed by atoms with Crippen molar-refractivity contribution in [2.45, 2.75) is 52.0 Å². The smallest absolute Gasteiger partial charge is 0.127 e. The van der Waals surface area contributed by atoms with Crippen LogP contribution in [-0.4, -0.2) is 21.1 Å². The third-order valence-corrected chi connectivity index (χ3v) is 4.51. The maximum absolute atomic E-state index is 6.30. The van der Waals surface area contributed by atoms with Crippen molar-refractivity contribution < 1.29 is 0 Å². The summed E-state index contributed by atoms with van der Waals surface area (Å²) in [5.74, 6) is 5.55. The van der Waals surface area contributed by atoms with Gasteiger partial charge in [0.1, 0.15) is 11.6 Å². The molecule has 2 rings (SSSR count). The third-order valence-electron chi connectivity index (χ3n) is 3.34. The number of aromatic nitrogens is 2. The van der Waals surface area contributed by atoms with Crippen molar-refractivity contribution in [1.82, 2.24) is 9.55 Å². The second-order valence-electron chi connectivity index (χ2n) is 5.11. The Morgan fingerprint density at radius 1 is 1.53 bits per heavy atom. The maximum Gasteiger partial charge on any atom is 0.127 e. The molecule has 0 spiro atoms. The zero-order valence-corrected chi connectivity index (χ0v) is 11.9. The fourth-order valence-electron chi connectivity index (χ4n) is 2.45. The predicted molar refractivity (Wildman–Crippen MR) is 75.7 cm³/mol. The summed E-state index contributed by atoms with van der Waals surface area (Å²) in [5, 5.41) is 0. The first-order valence-corrected chi connectivity index (χ1v) is 7.74. The fourth-order valence-corrected chi connectivity index (χ4v) is 3.68. The molecule has 0 aliphatic carbocycles. The molecule has 1 saturated heterocycles. The second kappa shape index (κ2) is 5.34. The Hall–Kier alpha value is -0.640. The Labute approximate surface area is 108 Å². The van der Waals surface area contributed by atoms with Gasteiger partial charge in [-0.05, 0) is 18.6 Å². The van der Waals surface area contributed by atoms with E-state index in [9.17, 15) is 0 Å². The zero-order valence-electron chi connectivity index (χ0n) is 11.1. The van der Waals surface area contributed by atoms with Crippen LogP contribution in [-0.2, 0) is 6.54 Å². The van der Waals surface area contributed by atoms with E-state index in [0.29, 0.717) is 11.8 Å². The number of hydrogen-bond acceptors (Lipinski definition) is 3. The quantitative estimate of drug-likeness (QED) is 0.896. The number of imidazole rings is 1. The molecule has 2 heterocycles. The van der Waals surface area contributed by atoms with E-state index < -0.39 is 0 Å². The number of thioether (sulfide) groups is 1. The highest BCUT2D eigenvalue weighted by atomic mass is 32.2. The van der Waals surface area contributed by atoms with E-state index in [0.717, 1.165) is 30.3 Å². The van der Waals surface area contributed by atoms with Gasteiger partial charge >= 0.3 is 0 Å². The van der Waals surface area contributed by atoms with Gasteiger partial charge in [-0.25, -0.2) is 4.98 Å². The van der Waals surface area contributed by atoms with Crippen LogP contribution in [0.1, 0.15) is 57.0 Å². The monoisotopic (exact) mass is 253 g/mol. The number of nitrogen functional groups attached to an aromatic ring is 1. The highest BCUT2D eigenvalue weighted by Gasteiger charge is 2.26. The molecule has 0 aromatic carbocycles. The minimum Gasteiger partial charge on any atom is -0.384 e. The van der Waals surface area contributed by atoms with Gasteiger partial charge in [0.25, 0.3) is 0 Å². The Bertz CT molecular complexity index is 378. The van der Waals surface area contributed by atoms with Gasteiger partial charge in [0.05, 0.1) is 5.69 Å². The van der Waals surface area contributed by atoms with Crippen LogP contribution in [0.4, 0.5) is 5.82 Å². The average Bonchev–Trinajstić information content (AvgIpc) is 2.88.